The molecular formula is C14H12O3. The Morgan fingerprint density at radius 1 is 1.18 bits per heavy atom. The molecule has 86 valence electrons. The number of aromatic hydroxyl groups is 1. The fourth-order valence-electron chi connectivity index (χ4n) is 1.72. The number of phenolic OH excluding ortho intramolecular Hbond substituents is 1. The van der Waals surface area contributed by atoms with E-state index >= 15 is 0 Å². The van der Waals surface area contributed by atoms with Crippen LogP contribution in [0.5, 0.6) is 11.5 Å². The predicted molar refractivity (Wildman–Crippen MR) is 65.5 cm³/mol. The van der Waals surface area contributed by atoms with Crippen LogP contribution in [0.4, 0.5) is 0 Å². The average Bonchev–Trinajstić information content (AvgIpc) is 2.37. The van der Waals surface area contributed by atoms with Gasteiger partial charge >= 0.3 is 0 Å². The summed E-state index contributed by atoms with van der Waals surface area (Å²) in [5.41, 5.74) is 2.11. The van der Waals surface area contributed by atoms with Crippen molar-refractivity contribution < 1.29 is 14.6 Å². The second-order valence-corrected chi connectivity index (χ2v) is 3.62. The zero-order valence-electron chi connectivity index (χ0n) is 9.38. The van der Waals surface area contributed by atoms with Gasteiger partial charge in [-0.1, -0.05) is 24.3 Å². The summed E-state index contributed by atoms with van der Waals surface area (Å²) in [4.78, 5) is 10.9. The quantitative estimate of drug-likeness (QED) is 0.821. The molecule has 0 fully saturated rings. The van der Waals surface area contributed by atoms with Gasteiger partial charge in [0.15, 0.2) is 6.29 Å². The van der Waals surface area contributed by atoms with Gasteiger partial charge in [-0.05, 0) is 23.3 Å². The number of benzene rings is 2. The molecule has 0 aliphatic carbocycles. The zero-order valence-corrected chi connectivity index (χ0v) is 9.38. The molecule has 0 atom stereocenters. The first-order valence-electron chi connectivity index (χ1n) is 5.17. The molecular weight excluding hydrogens is 216 g/mol. The molecule has 0 heterocycles. The SMILES string of the molecule is COc1cc(O)cc(-c2ccccc2C=O)c1. The van der Waals surface area contributed by atoms with Crippen molar-refractivity contribution in [2.45, 2.75) is 0 Å². The summed E-state index contributed by atoms with van der Waals surface area (Å²) in [6.07, 6.45) is 0.797. The number of hydrogen-bond acceptors (Lipinski definition) is 3. The molecule has 2 aromatic rings. The summed E-state index contributed by atoms with van der Waals surface area (Å²) < 4.78 is 5.08. The van der Waals surface area contributed by atoms with E-state index in [1.165, 1.54) is 13.2 Å². The van der Waals surface area contributed by atoms with Crippen LogP contribution in [0.2, 0.25) is 0 Å². The number of carbonyl (C=O) groups excluding carboxylic acids is 1. The molecule has 0 amide bonds. The summed E-state index contributed by atoms with van der Waals surface area (Å²) >= 11 is 0. The Balaban J connectivity index is 2.59. The predicted octanol–water partition coefficient (Wildman–Crippen LogP) is 2.88. The van der Waals surface area contributed by atoms with Crippen molar-refractivity contribution >= 4 is 6.29 Å². The highest BCUT2D eigenvalue weighted by Crippen LogP contribution is 2.30. The monoisotopic (exact) mass is 228 g/mol. The maximum atomic E-state index is 10.9. The van der Waals surface area contributed by atoms with Gasteiger partial charge < -0.3 is 9.84 Å². The molecule has 3 heteroatoms. The number of phenols is 1. The molecule has 0 aliphatic heterocycles. The van der Waals surface area contributed by atoms with Gasteiger partial charge in [0.2, 0.25) is 0 Å². The van der Waals surface area contributed by atoms with Crippen LogP contribution in [-0.4, -0.2) is 18.5 Å². The average molecular weight is 228 g/mol. The van der Waals surface area contributed by atoms with E-state index in [1.807, 2.05) is 12.1 Å². The highest BCUT2D eigenvalue weighted by Gasteiger charge is 2.06. The molecule has 1 N–H and O–H groups in total. The third-order valence-electron chi connectivity index (χ3n) is 2.53. The normalized spacial score (nSPS) is 9.94. The van der Waals surface area contributed by atoms with E-state index < -0.39 is 0 Å². The summed E-state index contributed by atoms with van der Waals surface area (Å²) in [7, 11) is 1.53. The third kappa shape index (κ3) is 2.28. The molecule has 0 unspecified atom stereocenters. The lowest BCUT2D eigenvalue weighted by atomic mass is 10.00. The van der Waals surface area contributed by atoms with E-state index in [0.29, 0.717) is 11.3 Å². The Morgan fingerprint density at radius 3 is 2.65 bits per heavy atom. The molecule has 17 heavy (non-hydrogen) atoms. The topological polar surface area (TPSA) is 46.5 Å². The molecule has 0 aromatic heterocycles. The molecule has 0 saturated carbocycles. The van der Waals surface area contributed by atoms with Crippen LogP contribution >= 0.6 is 0 Å². The van der Waals surface area contributed by atoms with Gasteiger partial charge in [0.1, 0.15) is 11.5 Å². The summed E-state index contributed by atoms with van der Waals surface area (Å²) in [5.74, 6) is 0.667. The second kappa shape index (κ2) is 4.70. The van der Waals surface area contributed by atoms with Crippen LogP contribution < -0.4 is 4.74 Å². The molecule has 0 saturated heterocycles. The van der Waals surface area contributed by atoms with Crippen molar-refractivity contribution in [3.63, 3.8) is 0 Å². The third-order valence-corrected chi connectivity index (χ3v) is 2.53. The molecule has 2 aromatic carbocycles. The lowest BCUT2D eigenvalue weighted by Crippen LogP contribution is -1.88. The first-order valence-corrected chi connectivity index (χ1v) is 5.17. The lowest BCUT2D eigenvalue weighted by Gasteiger charge is -2.08. The summed E-state index contributed by atoms with van der Waals surface area (Å²) in [5, 5.41) is 9.58. The van der Waals surface area contributed by atoms with Gasteiger partial charge in [0, 0.05) is 11.6 Å². The van der Waals surface area contributed by atoms with Gasteiger partial charge in [-0.15, -0.1) is 0 Å². The minimum atomic E-state index is 0.111. The van der Waals surface area contributed by atoms with Gasteiger partial charge in [-0.2, -0.15) is 0 Å². The fourth-order valence-corrected chi connectivity index (χ4v) is 1.72. The van der Waals surface area contributed by atoms with Crippen LogP contribution in [0.1, 0.15) is 10.4 Å². The number of carbonyl (C=O) groups is 1. The van der Waals surface area contributed by atoms with Crippen LogP contribution in [0.25, 0.3) is 11.1 Å². The summed E-state index contributed by atoms with van der Waals surface area (Å²) in [6, 6.07) is 12.1. The van der Waals surface area contributed by atoms with E-state index in [9.17, 15) is 9.90 Å². The van der Waals surface area contributed by atoms with Crippen molar-refractivity contribution in [1.29, 1.82) is 0 Å². The number of hydrogen-bond donors (Lipinski definition) is 1. The fraction of sp³-hybridized carbons (Fsp3) is 0.0714. The van der Waals surface area contributed by atoms with E-state index in [4.69, 9.17) is 4.74 Å². The number of methoxy groups -OCH3 is 1. The maximum Gasteiger partial charge on any atom is 0.150 e. The van der Waals surface area contributed by atoms with Gasteiger partial charge in [-0.25, -0.2) is 0 Å². The van der Waals surface area contributed by atoms with Crippen molar-refractivity contribution in [2.75, 3.05) is 7.11 Å². The maximum absolute atomic E-state index is 10.9. The lowest BCUT2D eigenvalue weighted by molar-refractivity contribution is 0.112. The minimum absolute atomic E-state index is 0.111. The molecule has 0 radical (unpaired) electrons. The van der Waals surface area contributed by atoms with Gasteiger partial charge in [-0.3, -0.25) is 4.79 Å². The molecule has 2 rings (SSSR count). The van der Waals surface area contributed by atoms with Crippen LogP contribution in [0.15, 0.2) is 42.5 Å². The van der Waals surface area contributed by atoms with E-state index in [0.717, 1.165) is 17.4 Å². The minimum Gasteiger partial charge on any atom is -0.508 e. The van der Waals surface area contributed by atoms with E-state index in [2.05, 4.69) is 0 Å². The Kier molecular flexibility index (Phi) is 3.10. The van der Waals surface area contributed by atoms with Crippen molar-refractivity contribution in [3.8, 4) is 22.6 Å². The Bertz CT molecular complexity index is 547. The number of aldehydes is 1. The first-order chi connectivity index (χ1) is 8.24. The van der Waals surface area contributed by atoms with Gasteiger partial charge in [0.25, 0.3) is 0 Å². The highest BCUT2D eigenvalue weighted by molar-refractivity contribution is 5.88. The van der Waals surface area contributed by atoms with Crippen LogP contribution in [-0.2, 0) is 0 Å². The molecule has 0 aliphatic rings. The molecule has 3 nitrogen and oxygen atoms in total. The van der Waals surface area contributed by atoms with Crippen molar-refractivity contribution in [2.24, 2.45) is 0 Å². The molecule has 0 spiro atoms. The Hall–Kier alpha value is -2.29. The number of rotatable bonds is 3. The van der Waals surface area contributed by atoms with Crippen LogP contribution in [0, 0.1) is 0 Å². The standard InChI is InChI=1S/C14H12O3/c1-17-13-7-11(6-12(16)8-13)14-5-3-2-4-10(14)9-15/h2-9,16H,1H3. The Labute approximate surface area is 99.3 Å². The van der Waals surface area contributed by atoms with Crippen molar-refractivity contribution in [1.82, 2.24) is 0 Å². The van der Waals surface area contributed by atoms with E-state index in [-0.39, 0.29) is 5.75 Å². The second-order valence-electron chi connectivity index (χ2n) is 3.62. The zero-order chi connectivity index (χ0) is 12.3. The smallest absolute Gasteiger partial charge is 0.150 e. The summed E-state index contributed by atoms with van der Waals surface area (Å²) in [6.45, 7) is 0. The van der Waals surface area contributed by atoms with Crippen molar-refractivity contribution in [3.05, 3.63) is 48.0 Å². The van der Waals surface area contributed by atoms with E-state index in [1.54, 1.807) is 24.3 Å². The van der Waals surface area contributed by atoms with Gasteiger partial charge in [0.05, 0.1) is 7.11 Å². The number of ether oxygens (including phenoxy) is 1. The highest BCUT2D eigenvalue weighted by atomic mass is 16.5. The largest absolute Gasteiger partial charge is 0.508 e. The first kappa shape index (κ1) is 11.2. The van der Waals surface area contributed by atoms with Crippen LogP contribution in [0.3, 0.4) is 0 Å². The molecule has 0 bridgehead atoms. The Morgan fingerprint density at radius 2 is 1.94 bits per heavy atom.